The molecule has 2 unspecified atom stereocenters. The van der Waals surface area contributed by atoms with Gasteiger partial charge in [0.05, 0.1) is 0 Å². The van der Waals surface area contributed by atoms with E-state index < -0.39 is 0 Å². The van der Waals surface area contributed by atoms with Gasteiger partial charge in [-0.2, -0.15) is 0 Å². The summed E-state index contributed by atoms with van der Waals surface area (Å²) in [5.41, 5.74) is 8.51. The smallest absolute Gasteiger partial charge is 0.0367 e. The Morgan fingerprint density at radius 3 is 2.47 bits per heavy atom. The fourth-order valence-corrected chi connectivity index (χ4v) is 2.91. The number of anilines is 1. The van der Waals surface area contributed by atoms with Crippen molar-refractivity contribution in [2.75, 3.05) is 31.1 Å². The van der Waals surface area contributed by atoms with E-state index in [4.69, 9.17) is 5.73 Å². The summed E-state index contributed by atoms with van der Waals surface area (Å²) < 4.78 is 0. The number of hydrogen-bond donors (Lipinski definition) is 1. The van der Waals surface area contributed by atoms with Crippen LogP contribution in [0.25, 0.3) is 0 Å². The summed E-state index contributed by atoms with van der Waals surface area (Å²) in [5, 5.41) is 0. The molecule has 0 aliphatic carbocycles. The second-order valence-electron chi connectivity index (χ2n) is 5.77. The molecular formula is C16H27N3. The quantitative estimate of drug-likeness (QED) is 0.901. The maximum atomic E-state index is 5.84. The molecule has 0 spiro atoms. The minimum Gasteiger partial charge on any atom is -0.369 e. The molecule has 0 aromatic heterocycles. The molecule has 19 heavy (non-hydrogen) atoms. The summed E-state index contributed by atoms with van der Waals surface area (Å²) in [6, 6.07) is 9.80. The maximum Gasteiger partial charge on any atom is 0.0367 e. The van der Waals surface area contributed by atoms with Gasteiger partial charge in [0.1, 0.15) is 0 Å². The van der Waals surface area contributed by atoms with Crippen LogP contribution in [-0.4, -0.2) is 43.2 Å². The molecule has 2 N–H and O–H groups in total. The highest BCUT2D eigenvalue weighted by Crippen LogP contribution is 2.20. The van der Waals surface area contributed by atoms with Gasteiger partial charge in [0, 0.05) is 37.4 Å². The number of likely N-dealkylation sites (N-methyl/N-ethyl adjacent to an activating group) is 1. The fraction of sp³-hybridized carbons (Fsp3) is 0.625. The van der Waals surface area contributed by atoms with E-state index in [1.54, 1.807) is 0 Å². The fourth-order valence-electron chi connectivity index (χ4n) is 2.91. The third kappa shape index (κ3) is 3.71. The van der Waals surface area contributed by atoms with Crippen molar-refractivity contribution in [3.63, 3.8) is 0 Å². The average Bonchev–Trinajstić information content (AvgIpc) is 2.39. The van der Waals surface area contributed by atoms with Crippen LogP contribution in [-0.2, 0) is 6.42 Å². The van der Waals surface area contributed by atoms with Crippen LogP contribution in [0.15, 0.2) is 24.3 Å². The van der Waals surface area contributed by atoms with Crippen molar-refractivity contribution in [2.45, 2.75) is 39.3 Å². The topological polar surface area (TPSA) is 32.5 Å². The van der Waals surface area contributed by atoms with E-state index in [-0.39, 0.29) is 6.04 Å². The molecule has 1 saturated heterocycles. The number of piperazine rings is 1. The Bertz CT molecular complexity index is 385. The van der Waals surface area contributed by atoms with Crippen LogP contribution in [0.3, 0.4) is 0 Å². The molecular weight excluding hydrogens is 234 g/mol. The van der Waals surface area contributed by atoms with Crippen LogP contribution in [0.5, 0.6) is 0 Å². The molecule has 1 aromatic carbocycles. The van der Waals surface area contributed by atoms with Gasteiger partial charge in [-0.3, -0.25) is 4.90 Å². The molecule has 0 saturated carbocycles. The van der Waals surface area contributed by atoms with Gasteiger partial charge < -0.3 is 10.6 Å². The molecule has 2 rings (SSSR count). The van der Waals surface area contributed by atoms with Crippen molar-refractivity contribution in [1.82, 2.24) is 4.90 Å². The molecule has 0 bridgehead atoms. The Kier molecular flexibility index (Phi) is 4.83. The van der Waals surface area contributed by atoms with Crippen molar-refractivity contribution >= 4 is 5.69 Å². The zero-order valence-electron chi connectivity index (χ0n) is 12.5. The molecule has 0 radical (unpaired) electrons. The van der Waals surface area contributed by atoms with Gasteiger partial charge in [-0.15, -0.1) is 0 Å². The number of nitrogens with two attached hydrogens (primary N) is 1. The van der Waals surface area contributed by atoms with Crippen LogP contribution in [0.1, 0.15) is 26.3 Å². The first-order chi connectivity index (χ1) is 9.10. The highest BCUT2D eigenvalue weighted by molar-refractivity contribution is 5.48. The second kappa shape index (κ2) is 6.40. The molecule has 1 fully saturated rings. The molecule has 3 nitrogen and oxygen atoms in total. The third-order valence-electron chi connectivity index (χ3n) is 4.03. The van der Waals surface area contributed by atoms with Gasteiger partial charge in [0.15, 0.2) is 0 Å². The molecule has 0 amide bonds. The van der Waals surface area contributed by atoms with Crippen LogP contribution in [0.4, 0.5) is 5.69 Å². The second-order valence-corrected chi connectivity index (χ2v) is 5.77. The largest absolute Gasteiger partial charge is 0.369 e. The lowest BCUT2D eigenvalue weighted by Gasteiger charge is -2.40. The molecule has 1 heterocycles. The first kappa shape index (κ1) is 14.4. The zero-order valence-corrected chi connectivity index (χ0v) is 12.5. The SMILES string of the molecule is CCN1CCN(c2ccc(CC(C)N)cc2)CC1C. The molecule has 1 aliphatic heterocycles. The first-order valence-electron chi connectivity index (χ1n) is 7.43. The number of nitrogens with zero attached hydrogens (tertiary/aromatic N) is 2. The summed E-state index contributed by atoms with van der Waals surface area (Å²) in [6.07, 6.45) is 0.959. The third-order valence-corrected chi connectivity index (χ3v) is 4.03. The van der Waals surface area contributed by atoms with E-state index >= 15 is 0 Å². The van der Waals surface area contributed by atoms with Gasteiger partial charge in [0.2, 0.25) is 0 Å². The van der Waals surface area contributed by atoms with Crippen LogP contribution in [0, 0.1) is 0 Å². The average molecular weight is 261 g/mol. The van der Waals surface area contributed by atoms with E-state index in [0.717, 1.165) is 26.1 Å². The molecule has 106 valence electrons. The Morgan fingerprint density at radius 2 is 1.95 bits per heavy atom. The van der Waals surface area contributed by atoms with Gasteiger partial charge in [-0.05, 0) is 44.5 Å². The van der Waals surface area contributed by atoms with Crippen LogP contribution >= 0.6 is 0 Å². The van der Waals surface area contributed by atoms with Crippen LogP contribution < -0.4 is 10.6 Å². The Labute approximate surface area is 117 Å². The minimum absolute atomic E-state index is 0.235. The van der Waals surface area contributed by atoms with Crippen molar-refractivity contribution in [2.24, 2.45) is 5.73 Å². The monoisotopic (exact) mass is 261 g/mol. The lowest BCUT2D eigenvalue weighted by molar-refractivity contribution is 0.199. The van der Waals surface area contributed by atoms with E-state index in [9.17, 15) is 0 Å². The highest BCUT2D eigenvalue weighted by Gasteiger charge is 2.22. The van der Waals surface area contributed by atoms with E-state index in [1.165, 1.54) is 17.8 Å². The Morgan fingerprint density at radius 1 is 1.26 bits per heavy atom. The lowest BCUT2D eigenvalue weighted by atomic mass is 10.1. The van der Waals surface area contributed by atoms with E-state index in [2.05, 4.69) is 54.8 Å². The molecule has 3 heteroatoms. The normalized spacial score (nSPS) is 22.5. The summed E-state index contributed by atoms with van der Waals surface area (Å²) in [5.74, 6) is 0. The Balaban J connectivity index is 1.99. The van der Waals surface area contributed by atoms with Crippen LogP contribution in [0.2, 0.25) is 0 Å². The van der Waals surface area contributed by atoms with E-state index in [0.29, 0.717) is 6.04 Å². The Hall–Kier alpha value is -1.06. The molecule has 1 aliphatic rings. The highest BCUT2D eigenvalue weighted by atomic mass is 15.3. The summed E-state index contributed by atoms with van der Waals surface area (Å²) in [4.78, 5) is 5.04. The van der Waals surface area contributed by atoms with Crippen molar-refractivity contribution < 1.29 is 0 Å². The van der Waals surface area contributed by atoms with Crippen molar-refractivity contribution in [1.29, 1.82) is 0 Å². The number of rotatable bonds is 4. The summed E-state index contributed by atoms with van der Waals surface area (Å²) in [7, 11) is 0. The van der Waals surface area contributed by atoms with E-state index in [1.807, 2.05) is 0 Å². The summed E-state index contributed by atoms with van der Waals surface area (Å²) >= 11 is 0. The first-order valence-corrected chi connectivity index (χ1v) is 7.43. The van der Waals surface area contributed by atoms with Gasteiger partial charge in [-0.25, -0.2) is 0 Å². The van der Waals surface area contributed by atoms with Gasteiger partial charge in [-0.1, -0.05) is 19.1 Å². The standard InChI is InChI=1S/C16H27N3/c1-4-18-9-10-19(12-14(18)3)16-7-5-15(6-8-16)11-13(2)17/h5-8,13-14H,4,9-12,17H2,1-3H3. The predicted octanol–water partition coefficient (Wildman–Crippen LogP) is 2.11. The lowest BCUT2D eigenvalue weighted by Crippen LogP contribution is -2.51. The predicted molar refractivity (Wildman–Crippen MR) is 82.7 cm³/mol. The minimum atomic E-state index is 0.235. The zero-order chi connectivity index (χ0) is 13.8. The maximum absolute atomic E-state index is 5.84. The van der Waals surface area contributed by atoms with Crippen molar-refractivity contribution in [3.05, 3.63) is 29.8 Å². The van der Waals surface area contributed by atoms with Crippen molar-refractivity contribution in [3.8, 4) is 0 Å². The molecule has 1 aromatic rings. The number of benzene rings is 1. The van der Waals surface area contributed by atoms with Gasteiger partial charge >= 0.3 is 0 Å². The number of hydrogen-bond acceptors (Lipinski definition) is 3. The summed E-state index contributed by atoms with van der Waals surface area (Å²) in [6.45, 7) is 11.2. The van der Waals surface area contributed by atoms with Gasteiger partial charge in [0.25, 0.3) is 0 Å². The molecule has 2 atom stereocenters.